The van der Waals surface area contributed by atoms with Gasteiger partial charge in [0.15, 0.2) is 0 Å². The maximum atomic E-state index is 6.17. The van der Waals surface area contributed by atoms with Crippen LogP contribution in [0.2, 0.25) is 0 Å². The fraction of sp³-hybridized carbons (Fsp3) is 0.238. The Hall–Kier alpha value is -3.28. The molecular weight excluding hydrogens is 338 g/mol. The number of nitrogen functional groups attached to an aromatic ring is 2. The Morgan fingerprint density at radius 3 is 2.63 bits per heavy atom. The average molecular weight is 361 g/mol. The summed E-state index contributed by atoms with van der Waals surface area (Å²) < 4.78 is 8.17. The zero-order valence-electron chi connectivity index (χ0n) is 15.7. The molecule has 0 unspecified atom stereocenters. The first-order valence-corrected chi connectivity index (χ1v) is 8.98. The highest BCUT2D eigenvalue weighted by molar-refractivity contribution is 6.15. The summed E-state index contributed by atoms with van der Waals surface area (Å²) >= 11 is 0. The molecule has 0 amide bonds. The molecule has 2 aromatic carbocycles. The monoisotopic (exact) mass is 361 g/mol. The van der Waals surface area contributed by atoms with Crippen molar-refractivity contribution >= 4 is 33.6 Å². The van der Waals surface area contributed by atoms with Gasteiger partial charge in [-0.25, -0.2) is 4.98 Å². The molecule has 0 aliphatic heterocycles. The number of aromatic nitrogens is 3. The SMILES string of the molecule is CC(C)COc1ccccc1-c1cc2nc(N)nc(N)c2c2ccn(C)c12. The van der Waals surface area contributed by atoms with Gasteiger partial charge in [0.25, 0.3) is 0 Å². The summed E-state index contributed by atoms with van der Waals surface area (Å²) in [5.41, 5.74) is 15.8. The number of hydrogen-bond acceptors (Lipinski definition) is 5. The molecular formula is C21H23N5O. The van der Waals surface area contributed by atoms with Crippen LogP contribution in [0, 0.1) is 5.92 Å². The summed E-state index contributed by atoms with van der Waals surface area (Å²) in [6.07, 6.45) is 2.01. The third-order valence-corrected chi connectivity index (χ3v) is 4.61. The predicted molar refractivity (Wildman–Crippen MR) is 111 cm³/mol. The standard InChI is InChI=1S/C21H23N5O/c1-12(2)11-27-17-7-5-4-6-13(17)15-10-16-18(20(22)25-21(23)24-16)14-8-9-26(3)19(14)15/h4-10,12H,11H2,1-3H3,(H4,22,23,24,25). The fourth-order valence-corrected chi connectivity index (χ4v) is 3.44. The molecule has 0 aliphatic carbocycles. The van der Waals surface area contributed by atoms with E-state index in [0.29, 0.717) is 18.3 Å². The first kappa shape index (κ1) is 17.1. The molecule has 6 nitrogen and oxygen atoms in total. The van der Waals surface area contributed by atoms with Crippen LogP contribution in [0.3, 0.4) is 0 Å². The van der Waals surface area contributed by atoms with E-state index in [1.165, 1.54) is 0 Å². The lowest BCUT2D eigenvalue weighted by atomic mass is 9.99. The molecule has 0 bridgehead atoms. The molecule has 6 heteroatoms. The number of aryl methyl sites for hydroxylation is 1. The summed E-state index contributed by atoms with van der Waals surface area (Å²) in [6, 6.07) is 12.1. The van der Waals surface area contributed by atoms with E-state index < -0.39 is 0 Å². The minimum absolute atomic E-state index is 0.172. The van der Waals surface area contributed by atoms with Crippen LogP contribution < -0.4 is 16.2 Å². The number of anilines is 2. The van der Waals surface area contributed by atoms with Crippen molar-refractivity contribution in [1.29, 1.82) is 0 Å². The number of para-hydroxylation sites is 1. The molecule has 0 spiro atoms. The van der Waals surface area contributed by atoms with Gasteiger partial charge in [-0.2, -0.15) is 4.98 Å². The van der Waals surface area contributed by atoms with Crippen LogP contribution in [0.25, 0.3) is 32.9 Å². The van der Waals surface area contributed by atoms with Crippen LogP contribution in [0.4, 0.5) is 11.8 Å². The molecule has 4 rings (SSSR count). The highest BCUT2D eigenvalue weighted by Crippen LogP contribution is 2.40. The lowest BCUT2D eigenvalue weighted by Gasteiger charge is -2.16. The van der Waals surface area contributed by atoms with Crippen molar-refractivity contribution in [3.05, 3.63) is 42.6 Å². The number of nitrogens with two attached hydrogens (primary N) is 2. The van der Waals surface area contributed by atoms with Crippen molar-refractivity contribution in [1.82, 2.24) is 14.5 Å². The number of ether oxygens (including phenoxy) is 1. The maximum Gasteiger partial charge on any atom is 0.222 e. The Morgan fingerprint density at radius 2 is 1.85 bits per heavy atom. The largest absolute Gasteiger partial charge is 0.493 e. The third kappa shape index (κ3) is 2.93. The fourth-order valence-electron chi connectivity index (χ4n) is 3.44. The van der Waals surface area contributed by atoms with Gasteiger partial charge >= 0.3 is 0 Å². The van der Waals surface area contributed by atoms with Crippen LogP contribution in [0.15, 0.2) is 42.6 Å². The summed E-state index contributed by atoms with van der Waals surface area (Å²) in [5, 5.41) is 1.82. The van der Waals surface area contributed by atoms with Gasteiger partial charge in [0, 0.05) is 29.8 Å². The van der Waals surface area contributed by atoms with Crippen molar-refractivity contribution in [2.24, 2.45) is 13.0 Å². The minimum atomic E-state index is 0.172. The van der Waals surface area contributed by atoms with Crippen molar-refractivity contribution in [2.45, 2.75) is 13.8 Å². The Balaban J connectivity index is 2.04. The van der Waals surface area contributed by atoms with E-state index in [1.807, 2.05) is 43.6 Å². The van der Waals surface area contributed by atoms with Crippen molar-refractivity contribution in [2.75, 3.05) is 18.1 Å². The van der Waals surface area contributed by atoms with Gasteiger partial charge in [-0.3, -0.25) is 0 Å². The second-order valence-corrected chi connectivity index (χ2v) is 7.18. The predicted octanol–water partition coefficient (Wildman–Crippen LogP) is 3.99. The zero-order chi connectivity index (χ0) is 19.1. The zero-order valence-corrected chi connectivity index (χ0v) is 15.7. The Morgan fingerprint density at radius 1 is 1.07 bits per heavy atom. The van der Waals surface area contributed by atoms with Gasteiger partial charge in [0.05, 0.1) is 23.0 Å². The third-order valence-electron chi connectivity index (χ3n) is 4.61. The summed E-state index contributed by atoms with van der Waals surface area (Å²) in [7, 11) is 2.02. The topological polar surface area (TPSA) is 92.0 Å². The molecule has 0 saturated heterocycles. The molecule has 138 valence electrons. The molecule has 0 atom stereocenters. The van der Waals surface area contributed by atoms with Crippen LogP contribution in [0.1, 0.15) is 13.8 Å². The molecule has 2 aromatic heterocycles. The number of benzene rings is 2. The smallest absolute Gasteiger partial charge is 0.222 e. The Bertz CT molecular complexity index is 1150. The molecule has 4 aromatic rings. The lowest BCUT2D eigenvalue weighted by Crippen LogP contribution is -2.05. The van der Waals surface area contributed by atoms with Gasteiger partial charge < -0.3 is 20.8 Å². The van der Waals surface area contributed by atoms with Crippen molar-refractivity contribution < 1.29 is 4.74 Å². The quantitative estimate of drug-likeness (QED) is 0.573. The molecule has 2 heterocycles. The second kappa shape index (κ2) is 6.46. The van der Waals surface area contributed by atoms with E-state index in [-0.39, 0.29) is 5.95 Å². The number of fused-ring (bicyclic) bond motifs is 3. The number of hydrogen-bond donors (Lipinski definition) is 2. The van der Waals surface area contributed by atoms with Gasteiger partial charge in [-0.05, 0) is 24.1 Å². The summed E-state index contributed by atoms with van der Waals surface area (Å²) in [4.78, 5) is 8.56. The molecule has 27 heavy (non-hydrogen) atoms. The van der Waals surface area contributed by atoms with E-state index in [2.05, 4.69) is 34.4 Å². The first-order chi connectivity index (χ1) is 13.0. The molecule has 0 fully saturated rings. The average Bonchev–Trinajstić information content (AvgIpc) is 3.00. The van der Waals surface area contributed by atoms with E-state index >= 15 is 0 Å². The lowest BCUT2D eigenvalue weighted by molar-refractivity contribution is 0.272. The van der Waals surface area contributed by atoms with Crippen molar-refractivity contribution in [3.63, 3.8) is 0 Å². The maximum absolute atomic E-state index is 6.17. The van der Waals surface area contributed by atoms with Crippen LogP contribution in [-0.2, 0) is 7.05 Å². The number of rotatable bonds is 4. The number of nitrogens with zero attached hydrogens (tertiary/aromatic N) is 3. The summed E-state index contributed by atoms with van der Waals surface area (Å²) in [5.74, 6) is 1.86. The van der Waals surface area contributed by atoms with Gasteiger partial charge in [-0.15, -0.1) is 0 Å². The highest BCUT2D eigenvalue weighted by Gasteiger charge is 2.17. The normalized spacial score (nSPS) is 11.6. The van der Waals surface area contributed by atoms with Crippen LogP contribution in [-0.4, -0.2) is 21.1 Å². The Labute approximate surface area is 157 Å². The molecule has 0 radical (unpaired) electrons. The summed E-state index contributed by atoms with van der Waals surface area (Å²) in [6.45, 7) is 4.93. The van der Waals surface area contributed by atoms with Gasteiger partial charge in [0.2, 0.25) is 5.95 Å². The molecule has 0 saturated carbocycles. The van der Waals surface area contributed by atoms with Crippen molar-refractivity contribution in [3.8, 4) is 16.9 Å². The van der Waals surface area contributed by atoms with Crippen LogP contribution >= 0.6 is 0 Å². The van der Waals surface area contributed by atoms with Gasteiger partial charge in [-0.1, -0.05) is 32.0 Å². The van der Waals surface area contributed by atoms with E-state index in [4.69, 9.17) is 16.2 Å². The minimum Gasteiger partial charge on any atom is -0.493 e. The first-order valence-electron chi connectivity index (χ1n) is 8.98. The van der Waals surface area contributed by atoms with E-state index in [0.717, 1.165) is 38.7 Å². The highest BCUT2D eigenvalue weighted by atomic mass is 16.5. The second-order valence-electron chi connectivity index (χ2n) is 7.18. The van der Waals surface area contributed by atoms with E-state index in [9.17, 15) is 0 Å². The van der Waals surface area contributed by atoms with Crippen LogP contribution in [0.5, 0.6) is 5.75 Å². The Kier molecular flexibility index (Phi) is 4.11. The molecule has 4 N–H and O–H groups in total. The van der Waals surface area contributed by atoms with E-state index in [1.54, 1.807) is 0 Å². The van der Waals surface area contributed by atoms with Gasteiger partial charge in [0.1, 0.15) is 11.6 Å². The molecule has 0 aliphatic rings.